The van der Waals surface area contributed by atoms with Gasteiger partial charge in [0, 0.05) is 42.6 Å². The van der Waals surface area contributed by atoms with Crippen molar-refractivity contribution in [1.82, 2.24) is 0 Å². The van der Waals surface area contributed by atoms with Crippen LogP contribution in [-0.4, -0.2) is 19.2 Å². The van der Waals surface area contributed by atoms with Crippen LogP contribution in [0.1, 0.15) is 5.56 Å². The average molecular weight is 311 g/mol. The highest BCUT2D eigenvalue weighted by Gasteiger charge is 2.07. The summed E-state index contributed by atoms with van der Waals surface area (Å²) < 4.78 is 0. The molecule has 0 spiro atoms. The predicted octanol–water partition coefficient (Wildman–Crippen LogP) is 4.38. The Balaban J connectivity index is 2.09. The average Bonchev–Trinajstić information content (AvgIpc) is 2.41. The maximum atomic E-state index is 9.88. The van der Waals surface area contributed by atoms with E-state index in [2.05, 4.69) is 5.32 Å². The van der Waals surface area contributed by atoms with Gasteiger partial charge >= 0.3 is 0 Å². The molecule has 2 rings (SSSR count). The van der Waals surface area contributed by atoms with E-state index in [9.17, 15) is 5.11 Å². The van der Waals surface area contributed by atoms with Crippen molar-refractivity contribution in [3.63, 3.8) is 0 Å². The van der Waals surface area contributed by atoms with E-state index >= 15 is 0 Å². The molecule has 0 aliphatic heterocycles. The van der Waals surface area contributed by atoms with Crippen LogP contribution in [0, 0.1) is 0 Å². The molecule has 2 aromatic carbocycles. The standard InChI is InChI=1S/C15H16Cl2N2O/c1-19(2)13-5-3-12(4-6-13)18-9-10-7-11(16)8-14(17)15(10)20/h3-8,18,20H,9H2,1-2H3. The lowest BCUT2D eigenvalue weighted by Crippen LogP contribution is -2.08. The first-order valence-electron chi connectivity index (χ1n) is 6.15. The van der Waals surface area contributed by atoms with E-state index in [1.807, 2.05) is 43.3 Å². The van der Waals surface area contributed by atoms with E-state index in [4.69, 9.17) is 23.2 Å². The van der Waals surface area contributed by atoms with Gasteiger partial charge in [-0.25, -0.2) is 0 Å². The number of rotatable bonds is 4. The molecule has 0 unspecified atom stereocenters. The third-order valence-corrected chi connectivity index (χ3v) is 3.48. The van der Waals surface area contributed by atoms with Gasteiger partial charge in [0.05, 0.1) is 5.02 Å². The molecular weight excluding hydrogens is 295 g/mol. The SMILES string of the molecule is CN(C)c1ccc(NCc2cc(Cl)cc(Cl)c2O)cc1. The molecule has 0 heterocycles. The fourth-order valence-electron chi connectivity index (χ4n) is 1.83. The van der Waals surface area contributed by atoms with Gasteiger partial charge in [0.25, 0.3) is 0 Å². The number of phenolic OH excluding ortho intramolecular Hbond substituents is 1. The first-order valence-corrected chi connectivity index (χ1v) is 6.91. The largest absolute Gasteiger partial charge is 0.506 e. The predicted molar refractivity (Wildman–Crippen MR) is 86.2 cm³/mol. The number of hydrogen-bond acceptors (Lipinski definition) is 3. The number of nitrogens with zero attached hydrogens (tertiary/aromatic N) is 1. The first-order chi connectivity index (χ1) is 9.47. The monoisotopic (exact) mass is 310 g/mol. The number of phenols is 1. The third-order valence-electron chi connectivity index (χ3n) is 2.97. The lowest BCUT2D eigenvalue weighted by atomic mass is 10.2. The highest BCUT2D eigenvalue weighted by Crippen LogP contribution is 2.31. The van der Waals surface area contributed by atoms with Crippen molar-refractivity contribution in [2.24, 2.45) is 0 Å². The summed E-state index contributed by atoms with van der Waals surface area (Å²) >= 11 is 11.8. The second-order valence-electron chi connectivity index (χ2n) is 4.69. The zero-order valence-corrected chi connectivity index (χ0v) is 12.8. The maximum absolute atomic E-state index is 9.88. The summed E-state index contributed by atoms with van der Waals surface area (Å²) in [5.74, 6) is 0.0634. The molecule has 106 valence electrons. The van der Waals surface area contributed by atoms with Crippen molar-refractivity contribution in [1.29, 1.82) is 0 Å². The van der Waals surface area contributed by atoms with Gasteiger partial charge in [-0.2, -0.15) is 0 Å². The minimum absolute atomic E-state index is 0.0634. The quantitative estimate of drug-likeness (QED) is 0.880. The molecule has 0 aromatic heterocycles. The van der Waals surface area contributed by atoms with Crippen molar-refractivity contribution in [3.05, 3.63) is 52.0 Å². The smallest absolute Gasteiger partial charge is 0.139 e. The molecule has 0 saturated carbocycles. The van der Waals surface area contributed by atoms with Gasteiger partial charge in [0.2, 0.25) is 0 Å². The number of hydrogen-bond donors (Lipinski definition) is 2. The van der Waals surface area contributed by atoms with Crippen molar-refractivity contribution in [2.75, 3.05) is 24.3 Å². The van der Waals surface area contributed by atoms with Crippen LogP contribution in [0.15, 0.2) is 36.4 Å². The van der Waals surface area contributed by atoms with Crippen molar-refractivity contribution in [3.8, 4) is 5.75 Å². The number of benzene rings is 2. The van der Waals surface area contributed by atoms with Crippen LogP contribution in [0.2, 0.25) is 10.0 Å². The number of aromatic hydroxyl groups is 1. The first kappa shape index (κ1) is 14.8. The molecule has 0 aliphatic carbocycles. The molecule has 0 fully saturated rings. The number of anilines is 2. The fraction of sp³-hybridized carbons (Fsp3) is 0.200. The normalized spacial score (nSPS) is 10.4. The third kappa shape index (κ3) is 3.50. The van der Waals surface area contributed by atoms with Gasteiger partial charge in [0.15, 0.2) is 0 Å². The van der Waals surface area contributed by atoms with Crippen LogP contribution in [0.4, 0.5) is 11.4 Å². The van der Waals surface area contributed by atoms with E-state index in [-0.39, 0.29) is 10.8 Å². The zero-order valence-electron chi connectivity index (χ0n) is 11.3. The Bertz CT molecular complexity index is 598. The van der Waals surface area contributed by atoms with E-state index < -0.39 is 0 Å². The molecule has 0 aliphatic rings. The Morgan fingerprint density at radius 3 is 2.35 bits per heavy atom. The summed E-state index contributed by atoms with van der Waals surface area (Å²) in [5.41, 5.74) is 2.76. The van der Waals surface area contributed by atoms with Crippen LogP contribution in [0.3, 0.4) is 0 Å². The highest BCUT2D eigenvalue weighted by molar-refractivity contribution is 6.35. The second kappa shape index (κ2) is 6.25. The zero-order chi connectivity index (χ0) is 14.7. The summed E-state index contributed by atoms with van der Waals surface area (Å²) in [5, 5.41) is 13.9. The van der Waals surface area contributed by atoms with E-state index in [1.54, 1.807) is 6.07 Å². The molecular formula is C15H16Cl2N2O. The molecule has 3 nitrogen and oxygen atoms in total. The molecule has 2 aromatic rings. The van der Waals surface area contributed by atoms with Gasteiger partial charge in [-0.05, 0) is 36.4 Å². The van der Waals surface area contributed by atoms with Gasteiger partial charge in [0.1, 0.15) is 5.75 Å². The van der Waals surface area contributed by atoms with Crippen LogP contribution < -0.4 is 10.2 Å². The minimum Gasteiger partial charge on any atom is -0.506 e. The van der Waals surface area contributed by atoms with Crippen LogP contribution >= 0.6 is 23.2 Å². The summed E-state index contributed by atoms with van der Waals surface area (Å²) in [6.07, 6.45) is 0. The molecule has 20 heavy (non-hydrogen) atoms. The number of halogens is 2. The second-order valence-corrected chi connectivity index (χ2v) is 5.53. The molecule has 5 heteroatoms. The number of nitrogens with one attached hydrogen (secondary N) is 1. The van der Waals surface area contributed by atoms with E-state index in [0.717, 1.165) is 11.4 Å². The van der Waals surface area contributed by atoms with Gasteiger partial charge in [-0.1, -0.05) is 23.2 Å². The van der Waals surface area contributed by atoms with Crippen molar-refractivity contribution < 1.29 is 5.11 Å². The summed E-state index contributed by atoms with van der Waals surface area (Å²) in [6.45, 7) is 0.452. The molecule has 0 radical (unpaired) electrons. The Hall–Kier alpha value is -1.58. The topological polar surface area (TPSA) is 35.5 Å². The van der Waals surface area contributed by atoms with Gasteiger partial charge < -0.3 is 15.3 Å². The van der Waals surface area contributed by atoms with E-state index in [0.29, 0.717) is 17.1 Å². The lowest BCUT2D eigenvalue weighted by molar-refractivity contribution is 0.469. The summed E-state index contributed by atoms with van der Waals surface area (Å²) in [4.78, 5) is 2.03. The summed E-state index contributed by atoms with van der Waals surface area (Å²) in [7, 11) is 3.99. The summed E-state index contributed by atoms with van der Waals surface area (Å²) in [6, 6.07) is 11.2. The molecule has 0 atom stereocenters. The Labute approximate surface area is 128 Å². The molecule has 2 N–H and O–H groups in total. The van der Waals surface area contributed by atoms with Crippen LogP contribution in [-0.2, 0) is 6.54 Å². The fourth-order valence-corrected chi connectivity index (χ4v) is 2.36. The van der Waals surface area contributed by atoms with Crippen molar-refractivity contribution in [2.45, 2.75) is 6.54 Å². The van der Waals surface area contributed by atoms with E-state index in [1.165, 1.54) is 6.07 Å². The Morgan fingerprint density at radius 1 is 1.10 bits per heavy atom. The van der Waals surface area contributed by atoms with Crippen LogP contribution in [0.25, 0.3) is 0 Å². The van der Waals surface area contributed by atoms with Gasteiger partial charge in [-0.15, -0.1) is 0 Å². The highest BCUT2D eigenvalue weighted by atomic mass is 35.5. The maximum Gasteiger partial charge on any atom is 0.139 e. The molecule has 0 amide bonds. The Morgan fingerprint density at radius 2 is 1.75 bits per heavy atom. The Kier molecular flexibility index (Phi) is 4.63. The molecule has 0 saturated heterocycles. The lowest BCUT2D eigenvalue weighted by Gasteiger charge is -2.14. The molecule has 0 bridgehead atoms. The minimum atomic E-state index is 0.0634. The van der Waals surface area contributed by atoms with Gasteiger partial charge in [-0.3, -0.25) is 0 Å². The van der Waals surface area contributed by atoms with Crippen molar-refractivity contribution >= 4 is 34.6 Å². The van der Waals surface area contributed by atoms with Crippen LogP contribution in [0.5, 0.6) is 5.75 Å².